The molecule has 0 aliphatic heterocycles. The standard InChI is InChI=1S/C13H11FN4S/c1-9-6-15-12-16-13(17-18(12)7-9)19-8-10-3-2-4-11(14)5-10/h2-7H,8H2,1H3. The van der Waals surface area contributed by atoms with Gasteiger partial charge in [0.2, 0.25) is 5.16 Å². The third-order valence-electron chi connectivity index (χ3n) is 2.56. The summed E-state index contributed by atoms with van der Waals surface area (Å²) in [4.78, 5) is 8.49. The average molecular weight is 274 g/mol. The Morgan fingerprint density at radius 1 is 1.37 bits per heavy atom. The second-order valence-electron chi connectivity index (χ2n) is 4.19. The van der Waals surface area contributed by atoms with Gasteiger partial charge in [0.15, 0.2) is 0 Å². The normalized spacial score (nSPS) is 11.1. The van der Waals surface area contributed by atoms with Crippen molar-refractivity contribution in [3.63, 3.8) is 0 Å². The van der Waals surface area contributed by atoms with Gasteiger partial charge in [-0.05, 0) is 30.2 Å². The summed E-state index contributed by atoms with van der Waals surface area (Å²) in [5.41, 5.74) is 1.94. The molecule has 96 valence electrons. The summed E-state index contributed by atoms with van der Waals surface area (Å²) >= 11 is 1.46. The molecule has 0 spiro atoms. The molecule has 3 aromatic rings. The lowest BCUT2D eigenvalue weighted by Gasteiger charge is -1.97. The number of nitrogens with zero attached hydrogens (tertiary/aromatic N) is 4. The third kappa shape index (κ3) is 2.73. The van der Waals surface area contributed by atoms with Crippen LogP contribution in [0.15, 0.2) is 41.8 Å². The Kier molecular flexibility index (Phi) is 3.16. The molecular formula is C13H11FN4S. The first-order valence-corrected chi connectivity index (χ1v) is 6.75. The van der Waals surface area contributed by atoms with E-state index in [1.165, 1.54) is 23.9 Å². The summed E-state index contributed by atoms with van der Waals surface area (Å²) in [5.74, 6) is 0.985. The second kappa shape index (κ2) is 4.97. The van der Waals surface area contributed by atoms with Crippen LogP contribution in [0, 0.1) is 12.7 Å². The monoisotopic (exact) mass is 274 g/mol. The molecule has 0 amide bonds. The zero-order chi connectivity index (χ0) is 13.2. The zero-order valence-electron chi connectivity index (χ0n) is 10.2. The predicted octanol–water partition coefficient (Wildman–Crippen LogP) is 2.86. The molecule has 0 atom stereocenters. The molecule has 6 heteroatoms. The fourth-order valence-corrected chi connectivity index (χ4v) is 2.46. The van der Waals surface area contributed by atoms with Crippen molar-refractivity contribution < 1.29 is 4.39 Å². The van der Waals surface area contributed by atoms with Gasteiger partial charge in [0, 0.05) is 18.1 Å². The van der Waals surface area contributed by atoms with E-state index in [-0.39, 0.29) is 5.82 Å². The van der Waals surface area contributed by atoms with E-state index < -0.39 is 0 Å². The number of hydrogen-bond donors (Lipinski definition) is 0. The van der Waals surface area contributed by atoms with Gasteiger partial charge < -0.3 is 0 Å². The Morgan fingerprint density at radius 3 is 3.11 bits per heavy atom. The number of thioether (sulfide) groups is 1. The highest BCUT2D eigenvalue weighted by atomic mass is 32.2. The molecule has 0 saturated carbocycles. The lowest BCUT2D eigenvalue weighted by Crippen LogP contribution is -1.90. The van der Waals surface area contributed by atoms with Crippen LogP contribution in [0.25, 0.3) is 5.78 Å². The summed E-state index contributed by atoms with van der Waals surface area (Å²) < 4.78 is 14.7. The maximum atomic E-state index is 13.1. The van der Waals surface area contributed by atoms with Crippen molar-refractivity contribution in [2.24, 2.45) is 0 Å². The topological polar surface area (TPSA) is 43.1 Å². The Morgan fingerprint density at radius 2 is 2.26 bits per heavy atom. The molecule has 0 aliphatic rings. The largest absolute Gasteiger partial charge is 0.253 e. The first-order valence-electron chi connectivity index (χ1n) is 5.77. The van der Waals surface area contributed by atoms with E-state index in [1.54, 1.807) is 16.8 Å². The van der Waals surface area contributed by atoms with E-state index in [9.17, 15) is 4.39 Å². The van der Waals surface area contributed by atoms with Crippen LogP contribution in [0.1, 0.15) is 11.1 Å². The van der Waals surface area contributed by atoms with Crippen molar-refractivity contribution in [3.8, 4) is 0 Å². The summed E-state index contributed by atoms with van der Waals surface area (Å²) in [7, 11) is 0. The van der Waals surface area contributed by atoms with E-state index in [0.717, 1.165) is 11.1 Å². The minimum Gasteiger partial charge on any atom is -0.219 e. The van der Waals surface area contributed by atoms with Crippen LogP contribution in [0.3, 0.4) is 0 Å². The van der Waals surface area contributed by atoms with Crippen molar-refractivity contribution in [1.82, 2.24) is 19.6 Å². The summed E-state index contributed by atoms with van der Waals surface area (Å²) in [6.07, 6.45) is 3.63. The number of aryl methyl sites for hydroxylation is 1. The van der Waals surface area contributed by atoms with E-state index in [2.05, 4.69) is 15.1 Å². The fraction of sp³-hybridized carbons (Fsp3) is 0.154. The SMILES string of the molecule is Cc1cnc2nc(SCc3cccc(F)c3)nn2c1. The Balaban J connectivity index is 1.78. The van der Waals surface area contributed by atoms with Gasteiger partial charge >= 0.3 is 0 Å². The molecule has 0 N–H and O–H groups in total. The molecule has 0 radical (unpaired) electrons. The first kappa shape index (κ1) is 12.1. The average Bonchev–Trinajstić information content (AvgIpc) is 2.78. The molecule has 0 saturated heterocycles. The van der Waals surface area contributed by atoms with Crippen molar-refractivity contribution in [3.05, 3.63) is 53.6 Å². The lowest BCUT2D eigenvalue weighted by molar-refractivity contribution is 0.626. The second-order valence-corrected chi connectivity index (χ2v) is 5.13. The predicted molar refractivity (Wildman–Crippen MR) is 71.5 cm³/mol. The maximum Gasteiger partial charge on any atom is 0.253 e. The van der Waals surface area contributed by atoms with Crippen molar-refractivity contribution in [2.45, 2.75) is 17.8 Å². The van der Waals surface area contributed by atoms with Crippen LogP contribution >= 0.6 is 11.8 Å². The van der Waals surface area contributed by atoms with E-state index >= 15 is 0 Å². The molecule has 3 rings (SSSR count). The molecule has 0 fully saturated rings. The minimum atomic E-state index is -0.224. The van der Waals surface area contributed by atoms with Gasteiger partial charge in [0.1, 0.15) is 5.82 Å². The number of halogens is 1. The lowest BCUT2D eigenvalue weighted by atomic mass is 10.2. The molecule has 2 aromatic heterocycles. The maximum absolute atomic E-state index is 13.1. The molecule has 4 nitrogen and oxygen atoms in total. The highest BCUT2D eigenvalue weighted by Crippen LogP contribution is 2.20. The number of hydrogen-bond acceptors (Lipinski definition) is 4. The highest BCUT2D eigenvalue weighted by Gasteiger charge is 2.06. The van der Waals surface area contributed by atoms with Gasteiger partial charge in [-0.1, -0.05) is 23.9 Å². The van der Waals surface area contributed by atoms with Crippen LogP contribution in [-0.2, 0) is 5.75 Å². The first-order chi connectivity index (χ1) is 9.20. The van der Waals surface area contributed by atoms with Crippen LogP contribution < -0.4 is 0 Å². The van der Waals surface area contributed by atoms with E-state index in [0.29, 0.717) is 16.7 Å². The Labute approximate surface area is 113 Å². The molecule has 0 unspecified atom stereocenters. The Hall–Kier alpha value is -1.95. The van der Waals surface area contributed by atoms with Gasteiger partial charge in [-0.15, -0.1) is 5.10 Å². The molecule has 2 heterocycles. The number of benzene rings is 1. The van der Waals surface area contributed by atoms with Crippen molar-refractivity contribution in [2.75, 3.05) is 0 Å². The quantitative estimate of drug-likeness (QED) is 0.689. The summed E-state index contributed by atoms with van der Waals surface area (Å²) in [6, 6.07) is 6.54. The van der Waals surface area contributed by atoms with Crippen LogP contribution in [0.5, 0.6) is 0 Å². The van der Waals surface area contributed by atoms with Gasteiger partial charge in [-0.25, -0.2) is 13.9 Å². The number of fused-ring (bicyclic) bond motifs is 1. The van der Waals surface area contributed by atoms with Crippen molar-refractivity contribution >= 4 is 17.5 Å². The van der Waals surface area contributed by atoms with E-state index in [4.69, 9.17) is 0 Å². The van der Waals surface area contributed by atoms with E-state index in [1.807, 2.05) is 19.2 Å². The zero-order valence-corrected chi connectivity index (χ0v) is 11.1. The minimum absolute atomic E-state index is 0.224. The summed E-state index contributed by atoms with van der Waals surface area (Å²) in [6.45, 7) is 1.95. The third-order valence-corrected chi connectivity index (χ3v) is 3.47. The highest BCUT2D eigenvalue weighted by molar-refractivity contribution is 7.98. The number of rotatable bonds is 3. The van der Waals surface area contributed by atoms with Crippen LogP contribution in [0.2, 0.25) is 0 Å². The van der Waals surface area contributed by atoms with Crippen LogP contribution in [0.4, 0.5) is 4.39 Å². The molecular weight excluding hydrogens is 263 g/mol. The fourth-order valence-electron chi connectivity index (χ4n) is 1.69. The Bertz CT molecular complexity index is 725. The molecule has 0 bridgehead atoms. The van der Waals surface area contributed by atoms with Crippen LogP contribution in [-0.4, -0.2) is 19.6 Å². The molecule has 1 aromatic carbocycles. The van der Waals surface area contributed by atoms with Gasteiger partial charge in [-0.3, -0.25) is 0 Å². The molecule has 19 heavy (non-hydrogen) atoms. The van der Waals surface area contributed by atoms with Gasteiger partial charge in [-0.2, -0.15) is 4.98 Å². The smallest absolute Gasteiger partial charge is 0.219 e. The van der Waals surface area contributed by atoms with Gasteiger partial charge in [0.05, 0.1) is 0 Å². The summed E-state index contributed by atoms with van der Waals surface area (Å²) in [5, 5.41) is 4.96. The van der Waals surface area contributed by atoms with Gasteiger partial charge in [0.25, 0.3) is 5.78 Å². The van der Waals surface area contributed by atoms with Crippen molar-refractivity contribution in [1.29, 1.82) is 0 Å². The number of aromatic nitrogens is 4. The molecule has 0 aliphatic carbocycles.